The molecule has 1 N–H and O–H groups in total. The van der Waals surface area contributed by atoms with Crippen LogP contribution in [-0.2, 0) is 9.53 Å². The molecule has 0 aliphatic carbocycles. The van der Waals surface area contributed by atoms with Gasteiger partial charge in [-0.1, -0.05) is 6.92 Å². The van der Waals surface area contributed by atoms with Gasteiger partial charge in [0.05, 0.1) is 18.6 Å². The lowest BCUT2D eigenvalue weighted by atomic mass is 10.0. The molecule has 0 unspecified atom stereocenters. The average molecular weight is 210 g/mol. The molecule has 0 aromatic carbocycles. The summed E-state index contributed by atoms with van der Waals surface area (Å²) in [6.07, 6.45) is 3.01. The van der Waals surface area contributed by atoms with Crippen LogP contribution in [0.15, 0.2) is 0 Å². The maximum absolute atomic E-state index is 11.6. The normalized spacial score (nSPS) is 24.2. The Balaban J connectivity index is 2.38. The summed E-state index contributed by atoms with van der Waals surface area (Å²) in [5.74, 6) is -0.0900. The lowest BCUT2D eigenvalue weighted by Crippen LogP contribution is -2.45. The van der Waals surface area contributed by atoms with Crippen molar-refractivity contribution in [2.45, 2.75) is 51.2 Å². The molecule has 4 heteroatoms. The fourth-order valence-corrected chi connectivity index (χ4v) is 1.57. The summed E-state index contributed by atoms with van der Waals surface area (Å²) in [6.45, 7) is 4.37. The molecule has 0 spiro atoms. The number of nitrogens with zero attached hydrogens (tertiary/aromatic N) is 1. The van der Waals surface area contributed by atoms with E-state index in [1.807, 2.05) is 6.92 Å². The number of ether oxygens (including phenoxy) is 1. The van der Waals surface area contributed by atoms with Gasteiger partial charge >= 0.3 is 0 Å². The second-order valence-corrected chi connectivity index (χ2v) is 4.18. The standard InChI is InChI=1S/C11H18N2O2/c1-3-11(2,8-12)13-10(14)7-9-5-4-6-15-9/h9H,3-7H2,1-2H3,(H,13,14)/t9-,11-/m0/s1. The van der Waals surface area contributed by atoms with Crippen molar-refractivity contribution in [3.05, 3.63) is 0 Å². The molecule has 0 aromatic heterocycles. The molecular weight excluding hydrogens is 192 g/mol. The van der Waals surface area contributed by atoms with Crippen LogP contribution in [0, 0.1) is 11.3 Å². The van der Waals surface area contributed by atoms with E-state index in [-0.39, 0.29) is 12.0 Å². The van der Waals surface area contributed by atoms with Crippen LogP contribution in [0.4, 0.5) is 0 Å². The minimum absolute atomic E-state index is 0.0461. The van der Waals surface area contributed by atoms with Gasteiger partial charge in [-0.05, 0) is 26.2 Å². The smallest absolute Gasteiger partial charge is 0.223 e. The summed E-state index contributed by atoms with van der Waals surface area (Å²) in [6, 6.07) is 2.11. The number of hydrogen-bond acceptors (Lipinski definition) is 3. The van der Waals surface area contributed by atoms with Crippen LogP contribution in [0.1, 0.15) is 39.5 Å². The molecule has 15 heavy (non-hydrogen) atoms. The van der Waals surface area contributed by atoms with Crippen LogP contribution in [0.2, 0.25) is 0 Å². The van der Waals surface area contributed by atoms with Crippen LogP contribution in [0.25, 0.3) is 0 Å². The van der Waals surface area contributed by atoms with E-state index in [4.69, 9.17) is 10.00 Å². The number of carbonyl (C=O) groups excluding carboxylic acids is 1. The Morgan fingerprint density at radius 1 is 1.73 bits per heavy atom. The van der Waals surface area contributed by atoms with Crippen molar-refractivity contribution >= 4 is 5.91 Å². The van der Waals surface area contributed by atoms with Gasteiger partial charge in [-0.3, -0.25) is 4.79 Å². The van der Waals surface area contributed by atoms with Gasteiger partial charge in [0.2, 0.25) is 5.91 Å². The summed E-state index contributed by atoms with van der Waals surface area (Å²) in [7, 11) is 0. The molecule has 0 aromatic rings. The highest BCUT2D eigenvalue weighted by Gasteiger charge is 2.26. The van der Waals surface area contributed by atoms with Gasteiger partial charge in [0, 0.05) is 6.61 Å². The van der Waals surface area contributed by atoms with E-state index in [0.29, 0.717) is 12.8 Å². The van der Waals surface area contributed by atoms with Crippen LogP contribution in [-0.4, -0.2) is 24.2 Å². The Hall–Kier alpha value is -1.08. The summed E-state index contributed by atoms with van der Waals surface area (Å²) in [5, 5.41) is 11.6. The van der Waals surface area contributed by atoms with Crippen molar-refractivity contribution in [1.82, 2.24) is 5.32 Å². The van der Waals surface area contributed by atoms with E-state index in [1.165, 1.54) is 0 Å². The van der Waals surface area contributed by atoms with Gasteiger partial charge in [0.1, 0.15) is 5.54 Å². The Morgan fingerprint density at radius 2 is 2.47 bits per heavy atom. The van der Waals surface area contributed by atoms with Crippen LogP contribution in [0.3, 0.4) is 0 Å². The Labute approximate surface area is 90.6 Å². The largest absolute Gasteiger partial charge is 0.378 e. The number of amides is 1. The summed E-state index contributed by atoms with van der Waals surface area (Å²) < 4.78 is 5.36. The second kappa shape index (κ2) is 5.13. The van der Waals surface area contributed by atoms with E-state index in [9.17, 15) is 4.79 Å². The van der Waals surface area contributed by atoms with Crippen molar-refractivity contribution in [3.8, 4) is 6.07 Å². The molecule has 2 atom stereocenters. The minimum atomic E-state index is -0.740. The number of rotatable bonds is 4. The number of carbonyl (C=O) groups is 1. The molecule has 1 heterocycles. The first kappa shape index (κ1) is 12.0. The predicted molar refractivity (Wildman–Crippen MR) is 56.0 cm³/mol. The average Bonchev–Trinajstić information content (AvgIpc) is 2.70. The van der Waals surface area contributed by atoms with E-state index < -0.39 is 5.54 Å². The van der Waals surface area contributed by atoms with E-state index in [0.717, 1.165) is 19.4 Å². The van der Waals surface area contributed by atoms with Gasteiger partial charge in [0.25, 0.3) is 0 Å². The van der Waals surface area contributed by atoms with Crippen molar-refractivity contribution in [2.75, 3.05) is 6.61 Å². The van der Waals surface area contributed by atoms with Crippen LogP contribution >= 0.6 is 0 Å². The number of hydrogen-bond donors (Lipinski definition) is 1. The molecule has 1 fully saturated rings. The third kappa shape index (κ3) is 3.52. The van der Waals surface area contributed by atoms with Crippen molar-refractivity contribution in [3.63, 3.8) is 0 Å². The Kier molecular flexibility index (Phi) is 4.10. The number of nitriles is 1. The Bertz CT molecular complexity index is 266. The Morgan fingerprint density at radius 3 is 2.93 bits per heavy atom. The van der Waals surface area contributed by atoms with Crippen molar-refractivity contribution < 1.29 is 9.53 Å². The zero-order chi connectivity index (χ0) is 11.3. The first-order chi connectivity index (χ1) is 7.09. The molecule has 4 nitrogen and oxygen atoms in total. The SMILES string of the molecule is CC[C@@](C)(C#N)NC(=O)C[C@@H]1CCCO1. The third-order valence-electron chi connectivity index (χ3n) is 2.81. The number of nitrogens with one attached hydrogen (secondary N) is 1. The quantitative estimate of drug-likeness (QED) is 0.762. The lowest BCUT2D eigenvalue weighted by Gasteiger charge is -2.22. The second-order valence-electron chi connectivity index (χ2n) is 4.18. The minimum Gasteiger partial charge on any atom is -0.378 e. The van der Waals surface area contributed by atoms with E-state index >= 15 is 0 Å². The fourth-order valence-electron chi connectivity index (χ4n) is 1.57. The molecule has 1 saturated heterocycles. The highest BCUT2D eigenvalue weighted by molar-refractivity contribution is 5.77. The molecule has 0 saturated carbocycles. The van der Waals surface area contributed by atoms with Gasteiger partial charge in [0.15, 0.2) is 0 Å². The van der Waals surface area contributed by atoms with Gasteiger partial charge in [-0.25, -0.2) is 0 Å². The summed E-state index contributed by atoms with van der Waals surface area (Å²) in [5.41, 5.74) is -0.740. The zero-order valence-corrected chi connectivity index (χ0v) is 9.38. The van der Waals surface area contributed by atoms with E-state index in [1.54, 1.807) is 6.92 Å². The molecule has 1 aliphatic rings. The lowest BCUT2D eigenvalue weighted by molar-refractivity contribution is -0.124. The first-order valence-corrected chi connectivity index (χ1v) is 5.43. The van der Waals surface area contributed by atoms with Crippen molar-refractivity contribution in [2.24, 2.45) is 0 Å². The third-order valence-corrected chi connectivity index (χ3v) is 2.81. The maximum atomic E-state index is 11.6. The van der Waals surface area contributed by atoms with Gasteiger partial charge in [-0.2, -0.15) is 5.26 Å². The topological polar surface area (TPSA) is 62.1 Å². The van der Waals surface area contributed by atoms with E-state index in [2.05, 4.69) is 11.4 Å². The van der Waals surface area contributed by atoms with Crippen LogP contribution in [0.5, 0.6) is 0 Å². The highest BCUT2D eigenvalue weighted by atomic mass is 16.5. The van der Waals surface area contributed by atoms with Gasteiger partial charge in [-0.15, -0.1) is 0 Å². The summed E-state index contributed by atoms with van der Waals surface area (Å²) >= 11 is 0. The molecule has 0 radical (unpaired) electrons. The first-order valence-electron chi connectivity index (χ1n) is 5.43. The highest BCUT2D eigenvalue weighted by Crippen LogP contribution is 2.16. The zero-order valence-electron chi connectivity index (χ0n) is 9.38. The molecule has 1 amide bonds. The predicted octanol–water partition coefficient (Wildman–Crippen LogP) is 1.36. The molecule has 0 bridgehead atoms. The fraction of sp³-hybridized carbons (Fsp3) is 0.818. The molecule has 84 valence electrons. The monoisotopic (exact) mass is 210 g/mol. The van der Waals surface area contributed by atoms with Gasteiger partial charge < -0.3 is 10.1 Å². The van der Waals surface area contributed by atoms with Crippen LogP contribution < -0.4 is 5.32 Å². The summed E-state index contributed by atoms with van der Waals surface area (Å²) in [4.78, 5) is 11.6. The molecule has 1 aliphatic heterocycles. The molecular formula is C11H18N2O2. The van der Waals surface area contributed by atoms with Crippen molar-refractivity contribution in [1.29, 1.82) is 5.26 Å². The maximum Gasteiger partial charge on any atom is 0.223 e. The molecule has 1 rings (SSSR count).